The lowest BCUT2D eigenvalue weighted by Gasteiger charge is -2.17. The predicted molar refractivity (Wildman–Crippen MR) is 90.8 cm³/mol. The van der Waals surface area contributed by atoms with Crippen molar-refractivity contribution >= 4 is 45.2 Å². The molecule has 0 saturated heterocycles. The van der Waals surface area contributed by atoms with Crippen LogP contribution < -0.4 is 0 Å². The van der Waals surface area contributed by atoms with Gasteiger partial charge in [-0.3, -0.25) is 0 Å². The van der Waals surface area contributed by atoms with Crippen LogP contribution in [-0.2, 0) is 6.54 Å². The van der Waals surface area contributed by atoms with Crippen LogP contribution in [-0.4, -0.2) is 9.55 Å². The summed E-state index contributed by atoms with van der Waals surface area (Å²) in [6.45, 7) is 7.51. The highest BCUT2D eigenvalue weighted by Crippen LogP contribution is 2.27. The van der Waals surface area contributed by atoms with Crippen molar-refractivity contribution in [2.24, 2.45) is 5.92 Å². The van der Waals surface area contributed by atoms with E-state index in [-0.39, 0.29) is 5.38 Å². The summed E-state index contributed by atoms with van der Waals surface area (Å²) in [5.41, 5.74) is 2.26. The molecule has 1 atom stereocenters. The summed E-state index contributed by atoms with van der Waals surface area (Å²) in [5.74, 6) is 1.68. The molecule has 1 heterocycles. The van der Waals surface area contributed by atoms with Crippen LogP contribution >= 0.6 is 34.2 Å². The molecule has 0 bridgehead atoms. The van der Waals surface area contributed by atoms with Crippen molar-refractivity contribution in [1.82, 2.24) is 9.55 Å². The highest BCUT2D eigenvalue weighted by atomic mass is 127. The van der Waals surface area contributed by atoms with E-state index in [2.05, 4.69) is 59.2 Å². The standard InChI is InChI=1S/C15H20ClIN2/c1-4-11(5-2)9-19-14-7-6-12(17)8-13(14)18-15(19)10(3)16/h6-8,10-11H,4-5,9H2,1-3H3. The first-order valence-corrected chi connectivity index (χ1v) is 8.38. The highest BCUT2D eigenvalue weighted by Gasteiger charge is 2.17. The van der Waals surface area contributed by atoms with Gasteiger partial charge in [-0.1, -0.05) is 26.7 Å². The Labute approximate surface area is 133 Å². The van der Waals surface area contributed by atoms with Crippen molar-refractivity contribution in [3.05, 3.63) is 27.6 Å². The van der Waals surface area contributed by atoms with E-state index in [9.17, 15) is 0 Å². The maximum atomic E-state index is 6.30. The van der Waals surface area contributed by atoms with Crippen LogP contribution in [0.4, 0.5) is 0 Å². The topological polar surface area (TPSA) is 17.8 Å². The second-order valence-corrected chi connectivity index (χ2v) is 6.91. The Hall–Kier alpha value is -0.290. The molecule has 0 amide bonds. The van der Waals surface area contributed by atoms with Gasteiger partial charge < -0.3 is 4.57 Å². The molecule has 1 aromatic heterocycles. The molecule has 0 radical (unpaired) electrons. The lowest BCUT2D eigenvalue weighted by Crippen LogP contribution is -2.12. The lowest BCUT2D eigenvalue weighted by molar-refractivity contribution is 0.417. The monoisotopic (exact) mass is 390 g/mol. The van der Waals surface area contributed by atoms with Gasteiger partial charge in [0.05, 0.1) is 16.4 Å². The summed E-state index contributed by atoms with van der Waals surface area (Å²) in [7, 11) is 0. The Bertz CT molecular complexity index is 559. The van der Waals surface area contributed by atoms with Crippen LogP contribution in [0, 0.1) is 9.49 Å². The molecule has 2 aromatic rings. The lowest BCUT2D eigenvalue weighted by atomic mass is 10.0. The Morgan fingerprint density at radius 3 is 2.58 bits per heavy atom. The van der Waals surface area contributed by atoms with E-state index >= 15 is 0 Å². The first-order chi connectivity index (χ1) is 9.06. The summed E-state index contributed by atoms with van der Waals surface area (Å²) >= 11 is 8.63. The van der Waals surface area contributed by atoms with Gasteiger partial charge in [0.15, 0.2) is 0 Å². The van der Waals surface area contributed by atoms with Gasteiger partial charge in [0.1, 0.15) is 5.82 Å². The van der Waals surface area contributed by atoms with Crippen molar-refractivity contribution < 1.29 is 0 Å². The van der Waals surface area contributed by atoms with E-state index in [1.54, 1.807) is 0 Å². The third kappa shape index (κ3) is 3.24. The number of halogens is 2. The molecule has 0 N–H and O–H groups in total. The van der Waals surface area contributed by atoms with Crippen LogP contribution in [0.1, 0.15) is 44.8 Å². The Morgan fingerprint density at radius 1 is 1.32 bits per heavy atom. The van der Waals surface area contributed by atoms with Gasteiger partial charge in [-0.25, -0.2) is 4.98 Å². The Morgan fingerprint density at radius 2 is 2.00 bits per heavy atom. The summed E-state index contributed by atoms with van der Waals surface area (Å²) < 4.78 is 3.52. The Balaban J connectivity index is 2.52. The SMILES string of the molecule is CCC(CC)Cn1c(C(C)Cl)nc2cc(I)ccc21. The maximum Gasteiger partial charge on any atom is 0.127 e. The first-order valence-electron chi connectivity index (χ1n) is 6.86. The minimum Gasteiger partial charge on any atom is -0.326 e. The van der Waals surface area contributed by atoms with Crippen molar-refractivity contribution in [3.63, 3.8) is 0 Å². The fourth-order valence-corrected chi connectivity index (χ4v) is 3.06. The minimum absolute atomic E-state index is 0.0561. The van der Waals surface area contributed by atoms with E-state index in [0.29, 0.717) is 5.92 Å². The normalized spacial score (nSPS) is 13.4. The van der Waals surface area contributed by atoms with Crippen molar-refractivity contribution in [2.75, 3.05) is 0 Å². The number of imidazole rings is 1. The van der Waals surface area contributed by atoms with E-state index in [0.717, 1.165) is 17.9 Å². The molecule has 2 nitrogen and oxygen atoms in total. The number of benzene rings is 1. The molecule has 0 spiro atoms. The smallest absolute Gasteiger partial charge is 0.127 e. The van der Waals surface area contributed by atoms with E-state index in [4.69, 9.17) is 16.6 Å². The average molecular weight is 391 g/mol. The van der Waals surface area contributed by atoms with E-state index < -0.39 is 0 Å². The van der Waals surface area contributed by atoms with Gasteiger partial charge >= 0.3 is 0 Å². The number of hydrogen-bond donors (Lipinski definition) is 0. The molecular formula is C15H20ClIN2. The van der Waals surface area contributed by atoms with Gasteiger partial charge in [-0.15, -0.1) is 11.6 Å². The molecule has 1 unspecified atom stereocenters. The molecule has 4 heteroatoms. The van der Waals surface area contributed by atoms with Crippen LogP contribution in [0.2, 0.25) is 0 Å². The molecule has 1 aromatic carbocycles. The zero-order valence-corrected chi connectivity index (χ0v) is 14.6. The third-order valence-electron chi connectivity index (χ3n) is 3.69. The molecule has 0 aliphatic carbocycles. The number of hydrogen-bond acceptors (Lipinski definition) is 1. The molecule has 104 valence electrons. The molecule has 0 saturated carbocycles. The first kappa shape index (κ1) is 15.1. The van der Waals surface area contributed by atoms with Gasteiger partial charge in [0.25, 0.3) is 0 Å². The van der Waals surface area contributed by atoms with Crippen LogP contribution in [0.15, 0.2) is 18.2 Å². The summed E-state index contributed by atoms with van der Waals surface area (Å²) in [6.07, 6.45) is 2.38. The number of nitrogens with zero attached hydrogens (tertiary/aromatic N) is 2. The van der Waals surface area contributed by atoms with Crippen molar-refractivity contribution in [1.29, 1.82) is 0 Å². The fraction of sp³-hybridized carbons (Fsp3) is 0.533. The second-order valence-electron chi connectivity index (χ2n) is 5.01. The number of rotatable bonds is 5. The second kappa shape index (κ2) is 6.44. The fourth-order valence-electron chi connectivity index (χ4n) is 2.42. The van der Waals surface area contributed by atoms with Gasteiger partial charge in [-0.2, -0.15) is 0 Å². The van der Waals surface area contributed by atoms with Crippen molar-refractivity contribution in [3.8, 4) is 0 Å². The number of fused-ring (bicyclic) bond motifs is 1. The quantitative estimate of drug-likeness (QED) is 0.495. The van der Waals surface area contributed by atoms with Crippen LogP contribution in [0.25, 0.3) is 11.0 Å². The summed E-state index contributed by atoms with van der Waals surface area (Å²) in [6, 6.07) is 6.42. The predicted octanol–water partition coefficient (Wildman–Crippen LogP) is 5.38. The highest BCUT2D eigenvalue weighted by molar-refractivity contribution is 14.1. The maximum absolute atomic E-state index is 6.30. The number of aromatic nitrogens is 2. The molecule has 2 rings (SSSR count). The largest absolute Gasteiger partial charge is 0.326 e. The zero-order chi connectivity index (χ0) is 14.0. The number of alkyl halides is 1. The van der Waals surface area contributed by atoms with Crippen molar-refractivity contribution in [2.45, 2.75) is 45.5 Å². The van der Waals surface area contributed by atoms with E-state index in [1.165, 1.54) is 21.9 Å². The molecule has 0 fully saturated rings. The van der Waals surface area contributed by atoms with Crippen LogP contribution in [0.5, 0.6) is 0 Å². The Kier molecular flexibility index (Phi) is 5.12. The molecule has 19 heavy (non-hydrogen) atoms. The summed E-state index contributed by atoms with van der Waals surface area (Å²) in [5, 5.41) is -0.0561. The average Bonchev–Trinajstić information content (AvgIpc) is 2.73. The molecule has 0 aliphatic rings. The van der Waals surface area contributed by atoms with E-state index in [1.807, 2.05) is 6.92 Å². The third-order valence-corrected chi connectivity index (χ3v) is 4.56. The summed E-state index contributed by atoms with van der Waals surface area (Å²) in [4.78, 5) is 4.72. The molecule has 0 aliphatic heterocycles. The minimum atomic E-state index is -0.0561. The van der Waals surface area contributed by atoms with Gasteiger partial charge in [0, 0.05) is 10.1 Å². The van der Waals surface area contributed by atoms with Crippen LogP contribution in [0.3, 0.4) is 0 Å². The zero-order valence-electron chi connectivity index (χ0n) is 11.7. The molecular weight excluding hydrogens is 371 g/mol. The van der Waals surface area contributed by atoms with Gasteiger partial charge in [0.2, 0.25) is 0 Å². The van der Waals surface area contributed by atoms with Gasteiger partial charge in [-0.05, 0) is 53.6 Å².